The summed E-state index contributed by atoms with van der Waals surface area (Å²) in [6.45, 7) is 4.47. The third-order valence-corrected chi connectivity index (χ3v) is 6.19. The summed E-state index contributed by atoms with van der Waals surface area (Å²) in [7, 11) is 0. The number of fused-ring (bicyclic) bond motifs is 4. The first-order valence-electron chi connectivity index (χ1n) is 9.81. The highest BCUT2D eigenvalue weighted by molar-refractivity contribution is 6.19. The Morgan fingerprint density at radius 3 is 2.54 bits per heavy atom. The summed E-state index contributed by atoms with van der Waals surface area (Å²) in [5.74, 6) is 0.213. The molecule has 2 aliphatic rings. The van der Waals surface area contributed by atoms with Gasteiger partial charge in [-0.3, -0.25) is 4.79 Å². The molecule has 2 N–H and O–H groups in total. The third kappa shape index (κ3) is 2.45. The molecule has 2 heteroatoms. The smallest absolute Gasteiger partial charge is 0.168 e. The summed E-state index contributed by atoms with van der Waals surface area (Å²) in [4.78, 5) is 13.4. The molecule has 3 aromatic carbocycles. The zero-order valence-electron chi connectivity index (χ0n) is 16.3. The van der Waals surface area contributed by atoms with Gasteiger partial charge in [0.15, 0.2) is 5.78 Å². The van der Waals surface area contributed by atoms with Crippen LogP contribution in [0.1, 0.15) is 42.6 Å². The Hall–Kier alpha value is -3.13. The van der Waals surface area contributed by atoms with Gasteiger partial charge in [-0.15, -0.1) is 0 Å². The normalized spacial score (nSPS) is 17.6. The predicted molar refractivity (Wildman–Crippen MR) is 117 cm³/mol. The fourth-order valence-electron chi connectivity index (χ4n) is 4.74. The van der Waals surface area contributed by atoms with E-state index in [4.69, 9.17) is 5.73 Å². The van der Waals surface area contributed by atoms with Crippen molar-refractivity contribution in [3.05, 3.63) is 83.4 Å². The summed E-state index contributed by atoms with van der Waals surface area (Å²) in [6.07, 6.45) is 5.92. The molecule has 2 nitrogen and oxygen atoms in total. The molecule has 5 rings (SSSR count). The summed E-state index contributed by atoms with van der Waals surface area (Å²) >= 11 is 0. The van der Waals surface area contributed by atoms with Gasteiger partial charge in [0.05, 0.1) is 0 Å². The minimum atomic E-state index is 0.0236. The Morgan fingerprint density at radius 2 is 1.75 bits per heavy atom. The summed E-state index contributed by atoms with van der Waals surface area (Å²) in [6, 6.07) is 18.4. The van der Waals surface area contributed by atoms with Crippen molar-refractivity contribution in [1.29, 1.82) is 0 Å². The van der Waals surface area contributed by atoms with Gasteiger partial charge in [0.25, 0.3) is 0 Å². The number of ketones is 1. The molecule has 0 spiro atoms. The van der Waals surface area contributed by atoms with E-state index < -0.39 is 0 Å². The second-order valence-corrected chi connectivity index (χ2v) is 8.50. The average Bonchev–Trinajstić information content (AvgIpc) is 2.68. The van der Waals surface area contributed by atoms with E-state index in [1.807, 2.05) is 30.3 Å². The van der Waals surface area contributed by atoms with Gasteiger partial charge in [-0.05, 0) is 57.2 Å². The molecule has 3 aromatic rings. The van der Waals surface area contributed by atoms with Crippen molar-refractivity contribution in [3.8, 4) is 11.1 Å². The van der Waals surface area contributed by atoms with E-state index in [2.05, 4.69) is 50.3 Å². The Kier molecular flexibility index (Phi) is 3.60. The molecule has 0 atom stereocenters. The lowest BCUT2D eigenvalue weighted by molar-refractivity contribution is 0.0985. The lowest BCUT2D eigenvalue weighted by Crippen LogP contribution is -2.24. The monoisotopic (exact) mass is 365 g/mol. The minimum absolute atomic E-state index is 0.0236. The molecule has 2 aliphatic carbocycles. The van der Waals surface area contributed by atoms with Crippen LogP contribution in [0.25, 0.3) is 27.5 Å². The van der Waals surface area contributed by atoms with Crippen molar-refractivity contribution in [3.63, 3.8) is 0 Å². The summed E-state index contributed by atoms with van der Waals surface area (Å²) < 4.78 is 0. The first-order valence-corrected chi connectivity index (χ1v) is 9.81. The van der Waals surface area contributed by atoms with Crippen LogP contribution in [0.4, 0.5) is 5.69 Å². The number of anilines is 1. The molecular weight excluding hydrogens is 342 g/mol. The van der Waals surface area contributed by atoms with E-state index in [1.54, 1.807) is 0 Å². The van der Waals surface area contributed by atoms with Crippen molar-refractivity contribution >= 4 is 27.8 Å². The Morgan fingerprint density at radius 1 is 0.964 bits per heavy atom. The van der Waals surface area contributed by atoms with Crippen LogP contribution in [0.2, 0.25) is 0 Å². The molecule has 0 aliphatic heterocycles. The van der Waals surface area contributed by atoms with Gasteiger partial charge in [0, 0.05) is 23.1 Å². The minimum Gasteiger partial charge on any atom is -0.399 e. The predicted octanol–water partition coefficient (Wildman–Crippen LogP) is 6.42. The van der Waals surface area contributed by atoms with Crippen LogP contribution in [0.3, 0.4) is 0 Å². The van der Waals surface area contributed by atoms with E-state index in [-0.39, 0.29) is 11.2 Å². The topological polar surface area (TPSA) is 43.1 Å². The van der Waals surface area contributed by atoms with E-state index in [0.29, 0.717) is 12.1 Å². The number of carbonyl (C=O) groups excluding carboxylic acids is 1. The van der Waals surface area contributed by atoms with Gasteiger partial charge in [-0.1, -0.05) is 68.5 Å². The van der Waals surface area contributed by atoms with Crippen LogP contribution in [0.15, 0.2) is 72.3 Å². The average molecular weight is 365 g/mol. The van der Waals surface area contributed by atoms with Gasteiger partial charge in [-0.25, -0.2) is 0 Å². The second-order valence-electron chi connectivity index (χ2n) is 8.50. The highest BCUT2D eigenvalue weighted by Crippen LogP contribution is 2.48. The number of rotatable bonds is 1. The quantitative estimate of drug-likeness (QED) is 0.506. The Balaban J connectivity index is 1.89. The lowest BCUT2D eigenvalue weighted by atomic mass is 9.68. The number of hydrogen-bond donors (Lipinski definition) is 1. The molecule has 0 amide bonds. The SMILES string of the molecule is CC1(C)CC=CC2=C1CC(=O)c1c2ccc2cc(N)cc(-c3ccccc3)c12. The highest BCUT2D eigenvalue weighted by atomic mass is 16.1. The summed E-state index contributed by atoms with van der Waals surface area (Å²) in [5, 5.41) is 2.04. The van der Waals surface area contributed by atoms with Crippen molar-refractivity contribution < 1.29 is 4.79 Å². The van der Waals surface area contributed by atoms with E-state index in [0.717, 1.165) is 39.4 Å². The number of benzene rings is 3. The first-order chi connectivity index (χ1) is 13.5. The van der Waals surface area contributed by atoms with Crippen LogP contribution in [0, 0.1) is 5.41 Å². The number of nitrogen functional groups attached to an aromatic ring is 1. The van der Waals surface area contributed by atoms with Crippen molar-refractivity contribution in [2.24, 2.45) is 5.41 Å². The molecule has 0 fully saturated rings. The van der Waals surface area contributed by atoms with Crippen LogP contribution >= 0.6 is 0 Å². The van der Waals surface area contributed by atoms with E-state index >= 15 is 0 Å². The number of carbonyl (C=O) groups is 1. The van der Waals surface area contributed by atoms with Crippen molar-refractivity contribution in [2.75, 3.05) is 5.73 Å². The van der Waals surface area contributed by atoms with Crippen LogP contribution in [-0.2, 0) is 0 Å². The third-order valence-electron chi connectivity index (χ3n) is 6.19. The zero-order valence-corrected chi connectivity index (χ0v) is 16.3. The number of Topliss-reactive ketones (excluding diaryl/α,β-unsaturated/α-hetero) is 1. The Bertz CT molecular complexity index is 1200. The molecule has 0 heterocycles. The molecule has 138 valence electrons. The van der Waals surface area contributed by atoms with Gasteiger partial charge < -0.3 is 5.73 Å². The van der Waals surface area contributed by atoms with E-state index in [9.17, 15) is 4.79 Å². The largest absolute Gasteiger partial charge is 0.399 e. The number of hydrogen-bond acceptors (Lipinski definition) is 2. The van der Waals surface area contributed by atoms with Gasteiger partial charge in [-0.2, -0.15) is 0 Å². The fourth-order valence-corrected chi connectivity index (χ4v) is 4.74. The number of allylic oxidation sites excluding steroid dienone is 4. The molecule has 0 unspecified atom stereocenters. The van der Waals surface area contributed by atoms with E-state index in [1.165, 1.54) is 11.1 Å². The molecule has 0 saturated carbocycles. The molecule has 0 saturated heterocycles. The van der Waals surface area contributed by atoms with Crippen molar-refractivity contribution in [1.82, 2.24) is 0 Å². The zero-order chi connectivity index (χ0) is 19.5. The first kappa shape index (κ1) is 17.0. The lowest BCUT2D eigenvalue weighted by Gasteiger charge is -2.35. The van der Waals surface area contributed by atoms with Gasteiger partial charge in [0.1, 0.15) is 0 Å². The fraction of sp³-hybridized carbons (Fsp3) is 0.192. The molecule has 0 radical (unpaired) electrons. The van der Waals surface area contributed by atoms with Crippen LogP contribution in [0.5, 0.6) is 0 Å². The number of nitrogens with two attached hydrogens (primary N) is 1. The van der Waals surface area contributed by atoms with Crippen LogP contribution in [-0.4, -0.2) is 5.78 Å². The Labute approximate surface area is 165 Å². The molecular formula is C26H23NO. The van der Waals surface area contributed by atoms with Crippen molar-refractivity contribution in [2.45, 2.75) is 26.7 Å². The van der Waals surface area contributed by atoms with Crippen LogP contribution < -0.4 is 5.73 Å². The molecule has 28 heavy (non-hydrogen) atoms. The standard InChI is InChI=1S/C26H23NO/c1-26(2)12-6-9-19-20-11-10-17-13-18(27)14-21(16-7-4-3-5-8-16)24(17)25(20)23(28)15-22(19)26/h3-11,13-14H,12,15,27H2,1-2H3. The highest BCUT2D eigenvalue weighted by Gasteiger charge is 2.35. The molecule has 0 aromatic heterocycles. The van der Waals surface area contributed by atoms with Gasteiger partial charge in [0.2, 0.25) is 0 Å². The maximum absolute atomic E-state index is 13.4. The molecule has 0 bridgehead atoms. The maximum atomic E-state index is 13.4. The second kappa shape index (κ2) is 5.93. The maximum Gasteiger partial charge on any atom is 0.168 e. The summed E-state index contributed by atoms with van der Waals surface area (Å²) in [5.41, 5.74) is 13.5. The van der Waals surface area contributed by atoms with Gasteiger partial charge >= 0.3 is 0 Å².